The molecule has 0 amide bonds. The maximum Gasteiger partial charge on any atom is 0.269 e. The average Bonchev–Trinajstić information content (AvgIpc) is 3.05. The zero-order valence-corrected chi connectivity index (χ0v) is 31.2. The maximum absolute atomic E-state index is 11.0. The summed E-state index contributed by atoms with van der Waals surface area (Å²) in [6.45, 7) is 18.9. The van der Waals surface area contributed by atoms with Crippen molar-refractivity contribution in [1.29, 1.82) is 0 Å². The molecule has 47 heavy (non-hydrogen) atoms. The van der Waals surface area contributed by atoms with Crippen LogP contribution in [0.15, 0.2) is 54.6 Å². The third kappa shape index (κ3) is 12.4. The molecular formula is C33H48Br2N6O6. The van der Waals surface area contributed by atoms with Gasteiger partial charge in [0.2, 0.25) is 11.8 Å². The van der Waals surface area contributed by atoms with E-state index in [4.69, 9.17) is 9.47 Å². The van der Waals surface area contributed by atoms with Gasteiger partial charge in [0.1, 0.15) is 13.1 Å². The van der Waals surface area contributed by atoms with E-state index in [-0.39, 0.29) is 55.2 Å². The van der Waals surface area contributed by atoms with E-state index >= 15 is 0 Å². The molecule has 0 aliphatic carbocycles. The van der Waals surface area contributed by atoms with Gasteiger partial charge in [0, 0.05) is 59.9 Å². The predicted octanol–water partition coefficient (Wildman–Crippen LogP) is 0.261. The first-order valence-corrected chi connectivity index (χ1v) is 15.8. The Morgan fingerprint density at radius 2 is 1.06 bits per heavy atom. The van der Waals surface area contributed by atoms with Crippen LogP contribution in [-0.2, 0) is 13.1 Å². The molecule has 1 heterocycles. The predicted molar refractivity (Wildman–Crippen MR) is 173 cm³/mol. The molecule has 3 aromatic rings. The molecule has 0 saturated heterocycles. The van der Waals surface area contributed by atoms with Crippen molar-refractivity contribution in [2.75, 3.05) is 52.5 Å². The van der Waals surface area contributed by atoms with Crippen molar-refractivity contribution in [3.8, 4) is 11.8 Å². The minimum Gasteiger partial charge on any atom is -1.00 e. The van der Waals surface area contributed by atoms with Crippen molar-refractivity contribution >= 4 is 11.4 Å². The monoisotopic (exact) mass is 782 g/mol. The first-order chi connectivity index (χ1) is 21.6. The summed E-state index contributed by atoms with van der Waals surface area (Å²) in [6.07, 6.45) is 1.67. The maximum atomic E-state index is 11.0. The van der Waals surface area contributed by atoms with Crippen LogP contribution in [0.5, 0.6) is 11.8 Å². The lowest BCUT2D eigenvalue weighted by atomic mass is 10.1. The molecule has 0 atom stereocenters. The number of benzene rings is 2. The zero-order chi connectivity index (χ0) is 32.9. The number of aromatic nitrogens is 2. The van der Waals surface area contributed by atoms with E-state index in [0.29, 0.717) is 25.0 Å². The van der Waals surface area contributed by atoms with E-state index in [1.54, 1.807) is 24.3 Å². The molecule has 0 aliphatic rings. The number of nitro groups is 2. The summed E-state index contributed by atoms with van der Waals surface area (Å²) in [5.41, 5.74) is 3.25. The van der Waals surface area contributed by atoms with E-state index in [1.807, 2.05) is 37.3 Å². The fourth-order valence-electron chi connectivity index (χ4n) is 5.71. The standard InChI is InChI=1S/C33H48N6O6.2BrH/c1-6-38(7-2,25-28-12-16-30(17-13-28)36(40)41)20-10-22-44-32-24-27(5)33(35-34-32)45-23-11-21-39(8-3,9-4)26-29-14-18-31(19-15-29)37(42)43;;/h12-19,24H,6-11,20-23,25-26H2,1-5H3;2*1H/q+2;;/p-2. The number of quaternary nitrogens is 2. The number of non-ortho nitro benzene ring substituents is 2. The molecular weight excluding hydrogens is 736 g/mol. The molecule has 0 spiro atoms. The molecule has 2 aromatic carbocycles. The van der Waals surface area contributed by atoms with E-state index in [2.05, 4.69) is 37.9 Å². The highest BCUT2D eigenvalue weighted by Crippen LogP contribution is 2.22. The molecule has 0 unspecified atom stereocenters. The van der Waals surface area contributed by atoms with Gasteiger partial charge in [0.25, 0.3) is 11.4 Å². The van der Waals surface area contributed by atoms with Crippen LogP contribution < -0.4 is 43.4 Å². The summed E-state index contributed by atoms with van der Waals surface area (Å²) < 4.78 is 13.7. The fraction of sp³-hybridized carbons (Fsp3) is 0.515. The quantitative estimate of drug-likeness (QED) is 0.0692. The molecule has 1 aromatic heterocycles. The summed E-state index contributed by atoms with van der Waals surface area (Å²) >= 11 is 0. The Kier molecular flexibility index (Phi) is 18.0. The molecule has 0 saturated carbocycles. The van der Waals surface area contributed by atoms with Crippen molar-refractivity contribution in [2.45, 2.75) is 60.5 Å². The largest absolute Gasteiger partial charge is 1.00 e. The van der Waals surface area contributed by atoms with Crippen molar-refractivity contribution < 1.29 is 62.2 Å². The Hall–Kier alpha value is -3.20. The van der Waals surface area contributed by atoms with Crippen LogP contribution in [0.4, 0.5) is 11.4 Å². The van der Waals surface area contributed by atoms with Crippen LogP contribution in [0.3, 0.4) is 0 Å². The number of nitro benzene ring substituents is 2. The third-order valence-corrected chi connectivity index (χ3v) is 8.97. The lowest BCUT2D eigenvalue weighted by molar-refractivity contribution is -0.938. The zero-order valence-electron chi connectivity index (χ0n) is 28.1. The second-order valence-electron chi connectivity index (χ2n) is 11.6. The summed E-state index contributed by atoms with van der Waals surface area (Å²) in [5.74, 6) is 0.969. The van der Waals surface area contributed by atoms with Crippen LogP contribution >= 0.6 is 0 Å². The average molecular weight is 785 g/mol. The van der Waals surface area contributed by atoms with E-state index in [0.717, 1.165) is 90.9 Å². The van der Waals surface area contributed by atoms with Crippen molar-refractivity contribution in [1.82, 2.24) is 10.2 Å². The van der Waals surface area contributed by atoms with Gasteiger partial charge in [-0.15, -0.1) is 10.2 Å². The number of hydrogen-bond acceptors (Lipinski definition) is 8. The Bertz CT molecular complexity index is 1390. The van der Waals surface area contributed by atoms with Crippen LogP contribution in [0, 0.1) is 27.2 Å². The second kappa shape index (κ2) is 20.2. The summed E-state index contributed by atoms with van der Waals surface area (Å²) in [4.78, 5) is 21.2. The molecule has 0 aliphatic heterocycles. The number of ether oxygens (including phenoxy) is 2. The minimum atomic E-state index is -0.372. The number of aryl methyl sites for hydroxylation is 1. The number of nitrogens with zero attached hydrogens (tertiary/aromatic N) is 6. The Morgan fingerprint density at radius 3 is 1.43 bits per heavy atom. The smallest absolute Gasteiger partial charge is 0.269 e. The Labute approximate surface area is 299 Å². The fourth-order valence-corrected chi connectivity index (χ4v) is 5.71. The molecule has 3 rings (SSSR count). The van der Waals surface area contributed by atoms with Crippen LogP contribution in [0.1, 0.15) is 57.2 Å². The van der Waals surface area contributed by atoms with Gasteiger partial charge in [-0.25, -0.2) is 0 Å². The van der Waals surface area contributed by atoms with Gasteiger partial charge in [0.15, 0.2) is 0 Å². The number of rotatable bonds is 20. The topological polar surface area (TPSA) is 131 Å². The van der Waals surface area contributed by atoms with Gasteiger partial charge in [-0.2, -0.15) is 0 Å². The van der Waals surface area contributed by atoms with E-state index < -0.39 is 0 Å². The molecule has 0 radical (unpaired) electrons. The van der Waals surface area contributed by atoms with Crippen molar-refractivity contribution in [2.24, 2.45) is 0 Å². The number of halogens is 2. The SMILES string of the molecule is CC[N+](CC)(CCCOc1cc(C)c(OCCC[N+](CC)(CC)Cc2ccc([N+](=O)[O-])cc2)nn1)Cc1ccc([N+](=O)[O-])cc1.[Br-].[Br-]. The van der Waals surface area contributed by atoms with E-state index in [1.165, 1.54) is 0 Å². The first kappa shape index (κ1) is 41.8. The van der Waals surface area contributed by atoms with Crippen LogP contribution in [0.2, 0.25) is 0 Å². The number of hydrogen-bond donors (Lipinski definition) is 0. The van der Waals surface area contributed by atoms with Crippen LogP contribution in [0.25, 0.3) is 0 Å². The molecule has 0 fully saturated rings. The Balaban J connectivity index is 0.00000552. The molecule has 0 N–H and O–H groups in total. The summed E-state index contributed by atoms with van der Waals surface area (Å²) in [6, 6.07) is 15.5. The Morgan fingerprint density at radius 1 is 0.660 bits per heavy atom. The lowest BCUT2D eigenvalue weighted by Gasteiger charge is -2.37. The van der Waals surface area contributed by atoms with Crippen LogP contribution in [-0.4, -0.2) is 81.5 Å². The summed E-state index contributed by atoms with van der Waals surface area (Å²) in [5, 5.41) is 30.5. The molecule has 260 valence electrons. The second-order valence-corrected chi connectivity index (χ2v) is 11.6. The van der Waals surface area contributed by atoms with Crippen molar-refractivity contribution in [3.05, 3.63) is 91.5 Å². The highest BCUT2D eigenvalue weighted by atomic mass is 79.9. The van der Waals surface area contributed by atoms with Gasteiger partial charge in [0.05, 0.1) is 62.3 Å². The van der Waals surface area contributed by atoms with Gasteiger partial charge >= 0.3 is 0 Å². The highest BCUT2D eigenvalue weighted by Gasteiger charge is 2.25. The normalized spacial score (nSPS) is 11.3. The molecule has 14 heteroatoms. The molecule has 12 nitrogen and oxygen atoms in total. The van der Waals surface area contributed by atoms with Gasteiger partial charge in [-0.3, -0.25) is 20.2 Å². The minimum absolute atomic E-state index is 0. The lowest BCUT2D eigenvalue weighted by Crippen LogP contribution is -3.00. The van der Waals surface area contributed by atoms with Crippen molar-refractivity contribution in [3.63, 3.8) is 0 Å². The van der Waals surface area contributed by atoms with Gasteiger partial charge < -0.3 is 52.4 Å². The summed E-state index contributed by atoms with van der Waals surface area (Å²) in [7, 11) is 0. The highest BCUT2D eigenvalue weighted by molar-refractivity contribution is 5.33. The van der Waals surface area contributed by atoms with E-state index in [9.17, 15) is 20.2 Å². The van der Waals surface area contributed by atoms with Gasteiger partial charge in [-0.05, 0) is 58.9 Å². The van der Waals surface area contributed by atoms with Gasteiger partial charge in [-0.1, -0.05) is 0 Å². The molecule has 0 bridgehead atoms. The first-order valence-electron chi connectivity index (χ1n) is 15.8. The third-order valence-electron chi connectivity index (χ3n) is 8.97.